The predicted octanol–water partition coefficient (Wildman–Crippen LogP) is 3.17. The quantitative estimate of drug-likeness (QED) is 0.741. The van der Waals surface area contributed by atoms with Gasteiger partial charge in [-0.3, -0.25) is 0 Å². The minimum atomic E-state index is -1.53. The van der Waals surface area contributed by atoms with Crippen LogP contribution in [-0.2, 0) is 9.31 Å². The van der Waals surface area contributed by atoms with Crippen molar-refractivity contribution < 1.29 is 9.31 Å². The predicted molar refractivity (Wildman–Crippen MR) is 97.6 cm³/mol. The molecule has 1 heterocycles. The summed E-state index contributed by atoms with van der Waals surface area (Å²) >= 11 is 3.61. The lowest BCUT2D eigenvalue weighted by Crippen LogP contribution is -2.45. The van der Waals surface area contributed by atoms with Crippen molar-refractivity contribution in [2.45, 2.75) is 58.5 Å². The highest BCUT2D eigenvalue weighted by molar-refractivity contribution is 9.10. The van der Waals surface area contributed by atoms with E-state index in [4.69, 9.17) is 9.31 Å². The van der Waals surface area contributed by atoms with Crippen molar-refractivity contribution in [2.24, 2.45) is 0 Å². The average molecular weight is 380 g/mol. The fraction of sp³-hybridized carbons (Fsp3) is 0.562. The summed E-state index contributed by atoms with van der Waals surface area (Å²) in [4.78, 5) is 0. The highest BCUT2D eigenvalue weighted by atomic mass is 79.9. The zero-order chi connectivity index (χ0) is 16.9. The van der Waals surface area contributed by atoms with Gasteiger partial charge in [-0.25, -0.2) is 0 Å². The Morgan fingerprint density at radius 2 is 1.59 bits per heavy atom. The van der Waals surface area contributed by atoms with E-state index in [-0.39, 0.29) is 0 Å². The first kappa shape index (κ1) is 17.7. The molecule has 1 aromatic rings. The standard InChI is InChI=1S/C16H23BBrNO2Si/c1-15(2)16(3,4)21-17(20-15)12-9-14(22(5,6)7)13(18)8-11(12)10-19/h8-9H,1-7H3. The summed E-state index contributed by atoms with van der Waals surface area (Å²) in [6, 6.07) is 6.26. The Hall–Kier alpha value is -0.608. The summed E-state index contributed by atoms with van der Waals surface area (Å²) < 4.78 is 13.3. The molecule has 6 heteroatoms. The zero-order valence-corrected chi connectivity index (χ0v) is 17.0. The van der Waals surface area contributed by atoms with Crippen LogP contribution < -0.4 is 10.6 Å². The van der Waals surface area contributed by atoms with Gasteiger partial charge in [-0.1, -0.05) is 41.6 Å². The molecule has 0 unspecified atom stereocenters. The van der Waals surface area contributed by atoms with Crippen LogP contribution >= 0.6 is 15.9 Å². The molecule has 118 valence electrons. The molecular formula is C16H23BBrNO2Si. The van der Waals surface area contributed by atoms with E-state index >= 15 is 0 Å². The largest absolute Gasteiger partial charge is 0.496 e. The van der Waals surface area contributed by atoms with Crippen molar-refractivity contribution in [2.75, 3.05) is 0 Å². The Kier molecular flexibility index (Phi) is 4.42. The topological polar surface area (TPSA) is 42.2 Å². The van der Waals surface area contributed by atoms with Crippen molar-refractivity contribution >= 4 is 41.8 Å². The lowest BCUT2D eigenvalue weighted by Gasteiger charge is -2.32. The first-order valence-electron chi connectivity index (χ1n) is 7.49. The minimum Gasteiger partial charge on any atom is -0.399 e. The maximum atomic E-state index is 9.49. The summed E-state index contributed by atoms with van der Waals surface area (Å²) in [6.45, 7) is 15.0. The van der Waals surface area contributed by atoms with Crippen LogP contribution in [0.5, 0.6) is 0 Å². The monoisotopic (exact) mass is 379 g/mol. The first-order valence-corrected chi connectivity index (χ1v) is 11.8. The van der Waals surface area contributed by atoms with Crippen molar-refractivity contribution in [3.63, 3.8) is 0 Å². The third-order valence-corrected chi connectivity index (χ3v) is 7.63. The molecule has 0 N–H and O–H groups in total. The Bertz CT molecular complexity index is 631. The normalized spacial score (nSPS) is 20.0. The van der Waals surface area contributed by atoms with E-state index < -0.39 is 26.4 Å². The summed E-state index contributed by atoms with van der Waals surface area (Å²) in [7, 11) is -2.03. The number of halogens is 1. The van der Waals surface area contributed by atoms with E-state index in [9.17, 15) is 5.26 Å². The molecule has 1 aliphatic heterocycles. The SMILES string of the molecule is CC1(C)OB(c2cc([Si](C)(C)C)c(Br)cc2C#N)OC1(C)C. The Balaban J connectivity index is 2.55. The molecule has 0 radical (unpaired) electrons. The highest BCUT2D eigenvalue weighted by Gasteiger charge is 2.52. The van der Waals surface area contributed by atoms with Crippen LogP contribution in [0, 0.1) is 11.3 Å². The van der Waals surface area contributed by atoms with E-state index in [2.05, 4.69) is 47.7 Å². The lowest BCUT2D eigenvalue weighted by atomic mass is 9.76. The van der Waals surface area contributed by atoms with Gasteiger partial charge in [-0.2, -0.15) is 5.26 Å². The van der Waals surface area contributed by atoms with E-state index in [1.807, 2.05) is 33.8 Å². The summed E-state index contributed by atoms with van der Waals surface area (Å²) in [5.41, 5.74) is 0.627. The molecule has 0 bridgehead atoms. The van der Waals surface area contributed by atoms with Gasteiger partial charge in [-0.05, 0) is 38.9 Å². The van der Waals surface area contributed by atoms with Crippen LogP contribution in [0.1, 0.15) is 33.3 Å². The molecule has 0 saturated carbocycles. The number of rotatable bonds is 2. The van der Waals surface area contributed by atoms with Crippen LogP contribution in [0.4, 0.5) is 0 Å². The van der Waals surface area contributed by atoms with Crippen molar-refractivity contribution in [3.8, 4) is 6.07 Å². The number of benzene rings is 1. The molecule has 22 heavy (non-hydrogen) atoms. The minimum absolute atomic E-state index is 0.406. The molecule has 1 aromatic carbocycles. The maximum Gasteiger partial charge on any atom is 0.496 e. The maximum absolute atomic E-state index is 9.49. The van der Waals surface area contributed by atoms with Crippen LogP contribution in [0.2, 0.25) is 19.6 Å². The van der Waals surface area contributed by atoms with Gasteiger partial charge < -0.3 is 9.31 Å². The van der Waals surface area contributed by atoms with Crippen LogP contribution in [0.25, 0.3) is 0 Å². The van der Waals surface area contributed by atoms with Crippen LogP contribution in [-0.4, -0.2) is 26.4 Å². The molecule has 1 fully saturated rings. The molecular weight excluding hydrogens is 357 g/mol. The van der Waals surface area contributed by atoms with Gasteiger partial charge in [0.25, 0.3) is 0 Å². The molecule has 1 saturated heterocycles. The van der Waals surface area contributed by atoms with Crippen molar-refractivity contribution in [3.05, 3.63) is 22.2 Å². The van der Waals surface area contributed by atoms with E-state index in [0.29, 0.717) is 5.56 Å². The number of hydrogen-bond donors (Lipinski definition) is 0. The Morgan fingerprint density at radius 1 is 1.09 bits per heavy atom. The molecule has 3 nitrogen and oxygen atoms in total. The van der Waals surface area contributed by atoms with Gasteiger partial charge in [0.15, 0.2) is 0 Å². The number of nitriles is 1. The fourth-order valence-corrected chi connectivity index (χ4v) is 5.93. The summed E-state index contributed by atoms with van der Waals surface area (Å²) in [5.74, 6) is 0. The van der Waals surface area contributed by atoms with Gasteiger partial charge in [0.05, 0.1) is 30.9 Å². The number of hydrogen-bond acceptors (Lipinski definition) is 3. The third kappa shape index (κ3) is 3.05. The van der Waals surface area contributed by atoms with Crippen LogP contribution in [0.3, 0.4) is 0 Å². The average Bonchev–Trinajstić information content (AvgIpc) is 2.56. The van der Waals surface area contributed by atoms with E-state index in [1.54, 1.807) is 0 Å². The van der Waals surface area contributed by atoms with E-state index in [0.717, 1.165) is 9.94 Å². The van der Waals surface area contributed by atoms with Crippen molar-refractivity contribution in [1.29, 1.82) is 5.26 Å². The molecule has 0 amide bonds. The zero-order valence-electron chi connectivity index (χ0n) is 14.4. The second kappa shape index (κ2) is 5.48. The third-order valence-electron chi connectivity index (χ3n) is 4.57. The Morgan fingerprint density at radius 3 is 2.00 bits per heavy atom. The molecule has 0 aromatic heterocycles. The van der Waals surface area contributed by atoms with Gasteiger partial charge in [-0.15, -0.1) is 0 Å². The molecule has 0 aliphatic carbocycles. The fourth-order valence-electron chi connectivity index (χ4n) is 2.43. The second-order valence-electron chi connectivity index (χ2n) is 7.87. The summed E-state index contributed by atoms with van der Waals surface area (Å²) in [6.07, 6.45) is 0. The first-order chi connectivity index (χ1) is 9.89. The van der Waals surface area contributed by atoms with Gasteiger partial charge in [0, 0.05) is 9.94 Å². The molecule has 1 aliphatic rings. The van der Waals surface area contributed by atoms with Crippen LogP contribution in [0.15, 0.2) is 16.6 Å². The van der Waals surface area contributed by atoms with Gasteiger partial charge >= 0.3 is 7.12 Å². The number of nitrogens with zero attached hydrogens (tertiary/aromatic N) is 1. The van der Waals surface area contributed by atoms with Crippen molar-refractivity contribution in [1.82, 2.24) is 0 Å². The van der Waals surface area contributed by atoms with Gasteiger partial charge in [0.2, 0.25) is 0 Å². The molecule has 0 spiro atoms. The second-order valence-corrected chi connectivity index (χ2v) is 13.8. The van der Waals surface area contributed by atoms with Gasteiger partial charge in [0.1, 0.15) is 0 Å². The lowest BCUT2D eigenvalue weighted by molar-refractivity contribution is 0.00578. The smallest absolute Gasteiger partial charge is 0.399 e. The van der Waals surface area contributed by atoms with E-state index in [1.165, 1.54) is 5.19 Å². The summed E-state index contributed by atoms with van der Waals surface area (Å²) in [5, 5.41) is 10.8. The Labute approximate surface area is 143 Å². The highest BCUT2D eigenvalue weighted by Crippen LogP contribution is 2.36. The molecule has 2 rings (SSSR count). The molecule has 0 atom stereocenters.